The lowest BCUT2D eigenvalue weighted by atomic mass is 10.1. The first-order valence-electron chi connectivity index (χ1n) is 11.1. The number of piperazine rings is 1. The van der Waals surface area contributed by atoms with E-state index in [9.17, 15) is 4.79 Å². The molecule has 2 N–H and O–H groups in total. The van der Waals surface area contributed by atoms with Crippen LogP contribution < -0.4 is 15.5 Å². The summed E-state index contributed by atoms with van der Waals surface area (Å²) < 4.78 is 0. The molecule has 32 heavy (non-hydrogen) atoms. The van der Waals surface area contributed by atoms with E-state index in [4.69, 9.17) is 0 Å². The van der Waals surface area contributed by atoms with E-state index in [1.807, 2.05) is 31.3 Å². The third kappa shape index (κ3) is 6.30. The Kier molecular flexibility index (Phi) is 9.07. The second-order valence-corrected chi connectivity index (χ2v) is 8.09. The lowest BCUT2D eigenvalue weighted by Crippen LogP contribution is -2.52. The van der Waals surface area contributed by atoms with E-state index in [0.717, 1.165) is 75.0 Å². The van der Waals surface area contributed by atoms with Crippen LogP contribution in [0.1, 0.15) is 31.2 Å². The average molecular weight is 549 g/mol. The lowest BCUT2D eigenvalue weighted by molar-refractivity contribution is -0.119. The maximum atomic E-state index is 12.4. The van der Waals surface area contributed by atoms with Crippen LogP contribution in [0.4, 0.5) is 11.6 Å². The third-order valence-corrected chi connectivity index (χ3v) is 6.00. The van der Waals surface area contributed by atoms with Crippen molar-refractivity contribution in [2.45, 2.75) is 32.2 Å². The summed E-state index contributed by atoms with van der Waals surface area (Å²) in [5.74, 6) is 1.98. The molecule has 9 heteroatoms. The standard InChI is InChI=1S/C23H31N7O.HI/c1-24-22(29-12-14-30(15-13-29)23-25-10-5-11-26-23)27-17-18-6-4-9-20(16-18)28-21(31)19-7-2-3-8-19;/h4-6,9-11,16,19H,2-3,7-8,12-15,17H2,1H3,(H,24,27)(H,28,31);1H. The number of nitrogens with one attached hydrogen (secondary N) is 2. The highest BCUT2D eigenvalue weighted by molar-refractivity contribution is 14.0. The van der Waals surface area contributed by atoms with Gasteiger partial charge in [-0.1, -0.05) is 25.0 Å². The van der Waals surface area contributed by atoms with Crippen LogP contribution in [0.25, 0.3) is 0 Å². The number of rotatable bonds is 5. The summed E-state index contributed by atoms with van der Waals surface area (Å²) in [6.45, 7) is 4.08. The normalized spacial score (nSPS) is 17.1. The monoisotopic (exact) mass is 549 g/mol. The second-order valence-electron chi connectivity index (χ2n) is 8.09. The molecule has 1 saturated heterocycles. The van der Waals surface area contributed by atoms with E-state index >= 15 is 0 Å². The number of hydrogen-bond acceptors (Lipinski definition) is 5. The highest BCUT2D eigenvalue weighted by atomic mass is 127. The first-order valence-corrected chi connectivity index (χ1v) is 11.1. The number of carbonyl (C=O) groups excluding carboxylic acids is 1. The number of halogens is 1. The van der Waals surface area contributed by atoms with Crippen molar-refractivity contribution in [1.82, 2.24) is 20.2 Å². The van der Waals surface area contributed by atoms with E-state index in [2.05, 4.69) is 41.5 Å². The molecule has 4 rings (SSSR count). The van der Waals surface area contributed by atoms with Crippen molar-refractivity contribution in [2.75, 3.05) is 43.4 Å². The zero-order chi connectivity index (χ0) is 21.5. The van der Waals surface area contributed by atoms with Gasteiger partial charge in [-0.25, -0.2) is 9.97 Å². The summed E-state index contributed by atoms with van der Waals surface area (Å²) in [5, 5.41) is 6.54. The Morgan fingerprint density at radius 2 is 1.81 bits per heavy atom. The van der Waals surface area contributed by atoms with E-state index in [1.54, 1.807) is 12.4 Å². The zero-order valence-corrected chi connectivity index (χ0v) is 20.9. The quantitative estimate of drug-likeness (QED) is 0.339. The molecule has 1 aromatic carbocycles. The van der Waals surface area contributed by atoms with Gasteiger partial charge in [0, 0.05) is 63.8 Å². The van der Waals surface area contributed by atoms with Gasteiger partial charge in [-0.15, -0.1) is 24.0 Å². The van der Waals surface area contributed by atoms with Crippen molar-refractivity contribution in [3.05, 3.63) is 48.3 Å². The molecule has 0 spiro atoms. The van der Waals surface area contributed by atoms with Gasteiger partial charge in [0.25, 0.3) is 0 Å². The summed E-state index contributed by atoms with van der Waals surface area (Å²) >= 11 is 0. The lowest BCUT2D eigenvalue weighted by Gasteiger charge is -2.36. The topological polar surface area (TPSA) is 85.8 Å². The fraction of sp³-hybridized carbons (Fsp3) is 0.478. The second kappa shape index (κ2) is 12.0. The minimum Gasteiger partial charge on any atom is -0.352 e. The van der Waals surface area contributed by atoms with Crippen LogP contribution in [0.15, 0.2) is 47.7 Å². The van der Waals surface area contributed by atoms with Crippen molar-refractivity contribution in [1.29, 1.82) is 0 Å². The molecule has 1 amide bonds. The van der Waals surface area contributed by atoms with E-state index in [0.29, 0.717) is 6.54 Å². The highest BCUT2D eigenvalue weighted by Gasteiger charge is 2.23. The van der Waals surface area contributed by atoms with Gasteiger partial charge in [-0.2, -0.15) is 0 Å². The van der Waals surface area contributed by atoms with Crippen molar-refractivity contribution < 1.29 is 4.79 Å². The number of benzene rings is 1. The molecule has 0 radical (unpaired) electrons. The maximum absolute atomic E-state index is 12.4. The van der Waals surface area contributed by atoms with Gasteiger partial charge in [0.1, 0.15) is 0 Å². The first kappa shape index (κ1) is 24.2. The van der Waals surface area contributed by atoms with Crippen molar-refractivity contribution in [3.8, 4) is 0 Å². The average Bonchev–Trinajstić information content (AvgIpc) is 3.36. The minimum atomic E-state index is 0. The van der Waals surface area contributed by atoms with Crippen molar-refractivity contribution in [3.63, 3.8) is 0 Å². The molecule has 1 aromatic heterocycles. The Morgan fingerprint density at radius 1 is 1.09 bits per heavy atom. The fourth-order valence-electron chi connectivity index (χ4n) is 4.28. The van der Waals surface area contributed by atoms with Crippen LogP contribution in [0.2, 0.25) is 0 Å². The number of carbonyl (C=O) groups is 1. The van der Waals surface area contributed by atoms with Crippen LogP contribution in [0.3, 0.4) is 0 Å². The van der Waals surface area contributed by atoms with Gasteiger partial charge < -0.3 is 20.4 Å². The predicted octanol–water partition coefficient (Wildman–Crippen LogP) is 3.12. The van der Waals surface area contributed by atoms with Gasteiger partial charge in [-0.3, -0.25) is 9.79 Å². The molecular formula is C23H32IN7O. The van der Waals surface area contributed by atoms with Gasteiger partial charge in [-0.05, 0) is 36.6 Å². The molecule has 0 bridgehead atoms. The summed E-state index contributed by atoms with van der Waals surface area (Å²) in [6, 6.07) is 9.88. The van der Waals surface area contributed by atoms with Crippen LogP contribution in [0.5, 0.6) is 0 Å². The highest BCUT2D eigenvalue weighted by Crippen LogP contribution is 2.26. The molecule has 0 atom stereocenters. The molecule has 0 unspecified atom stereocenters. The third-order valence-electron chi connectivity index (χ3n) is 6.00. The summed E-state index contributed by atoms with van der Waals surface area (Å²) in [7, 11) is 1.81. The van der Waals surface area contributed by atoms with E-state index < -0.39 is 0 Å². The Hall–Kier alpha value is -2.43. The number of amides is 1. The van der Waals surface area contributed by atoms with Crippen LogP contribution in [0, 0.1) is 5.92 Å². The SMILES string of the molecule is CN=C(NCc1cccc(NC(=O)C2CCCC2)c1)N1CCN(c2ncccn2)CC1.I. The first-order chi connectivity index (χ1) is 15.2. The van der Waals surface area contributed by atoms with Crippen LogP contribution >= 0.6 is 24.0 Å². The largest absolute Gasteiger partial charge is 0.352 e. The summed E-state index contributed by atoms with van der Waals surface area (Å²) in [4.78, 5) is 30.0. The molecule has 2 fully saturated rings. The number of aliphatic imine (C=N–C) groups is 1. The fourth-order valence-corrected chi connectivity index (χ4v) is 4.28. The summed E-state index contributed by atoms with van der Waals surface area (Å²) in [5.41, 5.74) is 1.98. The molecule has 172 valence electrons. The number of hydrogen-bond donors (Lipinski definition) is 2. The van der Waals surface area contributed by atoms with E-state index in [1.165, 1.54) is 0 Å². The Labute approximate surface area is 206 Å². The molecule has 2 aromatic rings. The number of aromatic nitrogens is 2. The maximum Gasteiger partial charge on any atom is 0.227 e. The van der Waals surface area contributed by atoms with Crippen LogP contribution in [-0.2, 0) is 11.3 Å². The molecule has 8 nitrogen and oxygen atoms in total. The number of nitrogens with zero attached hydrogens (tertiary/aromatic N) is 5. The molecule has 1 saturated carbocycles. The number of anilines is 2. The Morgan fingerprint density at radius 3 is 2.50 bits per heavy atom. The van der Waals surface area contributed by atoms with Crippen molar-refractivity contribution >= 4 is 47.5 Å². The van der Waals surface area contributed by atoms with Crippen LogP contribution in [-0.4, -0.2) is 60.0 Å². The number of guanidine groups is 1. The molecule has 2 heterocycles. The minimum absolute atomic E-state index is 0. The zero-order valence-electron chi connectivity index (χ0n) is 18.5. The Balaban J connectivity index is 0.00000289. The van der Waals surface area contributed by atoms with E-state index in [-0.39, 0.29) is 35.8 Å². The molecule has 2 aliphatic rings. The van der Waals surface area contributed by atoms with Gasteiger partial charge in [0.05, 0.1) is 0 Å². The van der Waals surface area contributed by atoms with Gasteiger partial charge in [0.2, 0.25) is 11.9 Å². The van der Waals surface area contributed by atoms with Gasteiger partial charge in [0.15, 0.2) is 5.96 Å². The molecule has 1 aliphatic carbocycles. The van der Waals surface area contributed by atoms with Crippen molar-refractivity contribution in [2.24, 2.45) is 10.9 Å². The summed E-state index contributed by atoms with van der Waals surface area (Å²) in [6.07, 6.45) is 7.89. The molecular weight excluding hydrogens is 517 g/mol. The predicted molar refractivity (Wildman–Crippen MR) is 138 cm³/mol. The Bertz CT molecular complexity index is 894. The smallest absolute Gasteiger partial charge is 0.227 e. The van der Waals surface area contributed by atoms with Gasteiger partial charge >= 0.3 is 0 Å². The molecule has 1 aliphatic heterocycles.